The Morgan fingerprint density at radius 1 is 0.629 bits per heavy atom. The van der Waals surface area contributed by atoms with Gasteiger partial charge in [0, 0.05) is 109 Å². The van der Waals surface area contributed by atoms with Crippen LogP contribution < -0.4 is 16.4 Å². The van der Waals surface area contributed by atoms with Gasteiger partial charge in [0.2, 0.25) is 23.5 Å². The molecule has 0 radical (unpaired) electrons. The number of rotatable bonds is 10. The zero-order valence-electron chi connectivity index (χ0n) is 56.1. The number of oxime groups is 1. The number of piperidine rings is 2. The van der Waals surface area contributed by atoms with Crippen molar-refractivity contribution in [2.24, 2.45) is 45.0 Å². The predicted molar refractivity (Wildman–Crippen MR) is 372 cm³/mol. The third-order valence-electron chi connectivity index (χ3n) is 16.6. The van der Waals surface area contributed by atoms with Crippen molar-refractivity contribution in [1.29, 1.82) is 0 Å². The number of nitrogens with two attached hydrogens (primary N) is 1. The molecule has 504 valence electrons. The molecule has 6 N–H and O–H groups in total. The first-order valence-corrected chi connectivity index (χ1v) is 31.7. The number of carboxylic acid groups (broad SMARTS) is 1. The molecule has 0 atom stereocenters. The smallest absolute Gasteiger partial charge is 0.306 e. The van der Waals surface area contributed by atoms with Gasteiger partial charge in [-0.1, -0.05) is 68.7 Å². The van der Waals surface area contributed by atoms with Gasteiger partial charge >= 0.3 is 5.97 Å². The Morgan fingerprint density at radius 2 is 1.05 bits per heavy atom. The predicted octanol–water partition coefficient (Wildman–Crippen LogP) is 10.4. The topological polar surface area (TPSA) is 309 Å². The lowest BCUT2D eigenvalue weighted by molar-refractivity contribution is -0.145. The first-order chi connectivity index (χ1) is 47.0. The van der Waals surface area contributed by atoms with Crippen molar-refractivity contribution < 1.29 is 44.6 Å². The van der Waals surface area contributed by atoms with Gasteiger partial charge in [-0.15, -0.1) is 0 Å². The molecule has 2 aliphatic rings. The monoisotopic (exact) mass is 1380 g/mol. The largest absolute Gasteiger partial charge is 0.481 e. The highest BCUT2D eigenvalue weighted by atomic mass is 79.9. The summed E-state index contributed by atoms with van der Waals surface area (Å²) in [4.78, 5) is 70.8. The van der Waals surface area contributed by atoms with Crippen LogP contribution in [0.15, 0.2) is 148 Å². The maximum atomic E-state index is 12.6. The Labute approximate surface area is 569 Å². The van der Waals surface area contributed by atoms with E-state index in [1.165, 1.54) is 10.9 Å². The number of amides is 4. The molecule has 2 saturated heterocycles. The number of aromatic nitrogens is 10. The standard InChI is InChI=1S/C25H26N6O3.C15H18N2O4.C10H12N4O.C10H9N3.C9H9BrN2.CH3F/c1-16-20-14-19(8-9-21(20)30(2)28-16)23-27-25(34-29-23)18-10-12-31(13-11-18)22(32)15-26-24(33)17-6-4-3-5-7-17;18-13(17-8-6-12(7-9-17)15(20)21)10-16-14(19)11-4-2-1-3-5-11;1-6-8-5-7(10(11)13-15)3-4-9(8)14(2)12-6;1-7-9-6-8(11-2)4-5-10(9)13(3)12-7;1-6-8-5-7(10)3-4-9(8)12(2)11-6;1-2/h3-9,14,18H,10-13,15H2,1-2H3,(H,26,33);1-5,12H,6-10H2,(H,16,19)(H,20,21);3-5,15H,1-2H3,(H2,11,13);4-6H,1,3H3;3-5H,1-2H3;1H3/i;;;;;1D. The van der Waals surface area contributed by atoms with Gasteiger partial charge in [-0.3, -0.25) is 47.1 Å². The van der Waals surface area contributed by atoms with E-state index < -0.39 is 13.1 Å². The molecule has 0 saturated carbocycles. The molecule has 25 nitrogen and oxygen atoms in total. The van der Waals surface area contributed by atoms with Crippen molar-refractivity contribution in [3.8, 4) is 11.4 Å². The number of likely N-dealkylation sites (tertiary alicyclic amines) is 2. The third-order valence-corrected chi connectivity index (χ3v) is 17.1. The third kappa shape index (κ3) is 18.0. The summed E-state index contributed by atoms with van der Waals surface area (Å²) in [5, 5.41) is 51.7. The molecule has 6 aromatic carbocycles. The Balaban J connectivity index is 0.000000164. The van der Waals surface area contributed by atoms with Gasteiger partial charge in [0.1, 0.15) is 0 Å². The van der Waals surface area contributed by atoms with Crippen molar-refractivity contribution in [1.82, 2.24) is 69.7 Å². The molecule has 0 spiro atoms. The van der Waals surface area contributed by atoms with E-state index >= 15 is 0 Å². The molecule has 11 aromatic rings. The fraction of sp³-hybridized carbons (Fsp3) is 0.300. The fourth-order valence-corrected chi connectivity index (χ4v) is 11.7. The number of carbonyl (C=O) groups is 5. The van der Waals surface area contributed by atoms with Crippen LogP contribution in [-0.4, -0.2) is 151 Å². The number of alkyl halides is 1. The van der Waals surface area contributed by atoms with E-state index in [1.807, 2.05) is 137 Å². The molecule has 2 aliphatic heterocycles. The lowest BCUT2D eigenvalue weighted by atomic mass is 9.96. The summed E-state index contributed by atoms with van der Waals surface area (Å²) >= 11 is 3.44. The van der Waals surface area contributed by atoms with Gasteiger partial charge in [0.15, 0.2) is 11.5 Å². The van der Waals surface area contributed by atoms with Crippen molar-refractivity contribution in [2.45, 2.75) is 59.3 Å². The minimum atomic E-state index is -1.00. The van der Waals surface area contributed by atoms with Gasteiger partial charge < -0.3 is 41.0 Å². The Morgan fingerprint density at radius 3 is 1.52 bits per heavy atom. The number of carbonyl (C=O) groups excluding carboxylic acids is 4. The Kier molecular flexibility index (Phi) is 24.1. The van der Waals surface area contributed by atoms with Gasteiger partial charge in [0.25, 0.3) is 11.8 Å². The molecule has 0 bridgehead atoms. The average Bonchev–Trinajstić information content (AvgIpc) is 1.66. The van der Waals surface area contributed by atoms with Gasteiger partial charge in [0.05, 0.1) is 78.9 Å². The minimum absolute atomic E-state index is 0.0145. The van der Waals surface area contributed by atoms with Crippen LogP contribution >= 0.6 is 15.9 Å². The van der Waals surface area contributed by atoms with Crippen LogP contribution in [0, 0.1) is 40.2 Å². The quantitative estimate of drug-likeness (QED) is 0.0279. The maximum absolute atomic E-state index is 12.6. The van der Waals surface area contributed by atoms with Crippen LogP contribution in [0.25, 0.3) is 59.8 Å². The van der Waals surface area contributed by atoms with Gasteiger partial charge in [-0.2, -0.15) is 25.4 Å². The number of aliphatic carboxylic acids is 1. The minimum Gasteiger partial charge on any atom is -0.481 e. The average molecular weight is 1380 g/mol. The summed E-state index contributed by atoms with van der Waals surface area (Å²) in [6.45, 7) is 16.7. The SMILES string of the molecule is Cc1nn(C)c2ccc(-c3noc(C4CCN(C(=O)CNC(=O)c5ccccc5)CC4)n3)cc12.Cc1nn(C)c2ccc(/C(N)=N/O)cc12.Cc1nn(C)c2ccc(Br)cc12.O=C(NCC(=O)N1CCC(C(=O)O)CC1)c1ccccc1.[2H]CF.[C-]#[N+]c1ccc2c(c1)c(C)nn2C. The summed E-state index contributed by atoms with van der Waals surface area (Å²) in [7, 11) is 6.68. The zero-order chi connectivity index (χ0) is 70.7. The summed E-state index contributed by atoms with van der Waals surface area (Å²) in [6, 6.07) is 41.0. The molecule has 13 rings (SSSR count). The number of nitrogens with zero attached hydrogens (tertiary/aromatic N) is 14. The Hall–Kier alpha value is -11.1. The fourth-order valence-electron chi connectivity index (χ4n) is 11.3. The number of fused-ring (bicyclic) bond motifs is 4. The van der Waals surface area contributed by atoms with E-state index in [0.29, 0.717) is 73.1 Å². The van der Waals surface area contributed by atoms with Crippen LogP contribution in [-0.2, 0) is 42.6 Å². The molecule has 7 heterocycles. The summed E-state index contributed by atoms with van der Waals surface area (Å²) in [5.74, 6) is -0.603. The number of amidine groups is 1. The summed E-state index contributed by atoms with van der Waals surface area (Å²) in [5.41, 5.74) is 17.1. The lowest BCUT2D eigenvalue weighted by Gasteiger charge is -2.30. The number of aryl methyl sites for hydroxylation is 8. The Bertz CT molecular complexity index is 4680. The van der Waals surface area contributed by atoms with E-state index in [-0.39, 0.29) is 54.4 Å². The lowest BCUT2D eigenvalue weighted by Crippen LogP contribution is -2.45. The molecular formula is C70H77BrFN17O8. The van der Waals surface area contributed by atoms with Crippen LogP contribution in [0.1, 0.15) is 87.9 Å². The number of carboxylic acids is 1. The van der Waals surface area contributed by atoms with E-state index in [4.69, 9.17) is 28.5 Å². The van der Waals surface area contributed by atoms with Crippen molar-refractivity contribution >= 4 is 101 Å². The van der Waals surface area contributed by atoms with E-state index in [2.05, 4.69) is 79.2 Å². The number of benzene rings is 6. The molecule has 2 fully saturated rings. The summed E-state index contributed by atoms with van der Waals surface area (Å²) < 4.78 is 29.6. The van der Waals surface area contributed by atoms with Crippen LogP contribution in [0.3, 0.4) is 0 Å². The van der Waals surface area contributed by atoms with Gasteiger partial charge in [-0.05, 0) is 144 Å². The molecule has 0 unspecified atom stereocenters. The molecule has 97 heavy (non-hydrogen) atoms. The molecule has 0 aliphatic carbocycles. The highest BCUT2D eigenvalue weighted by Crippen LogP contribution is 2.31. The van der Waals surface area contributed by atoms with Crippen LogP contribution in [0.2, 0.25) is 0 Å². The first kappa shape index (κ1) is 70.2. The molecule has 5 aromatic heterocycles. The second kappa shape index (κ2) is 33.3. The van der Waals surface area contributed by atoms with E-state index in [1.54, 1.807) is 69.1 Å². The number of halogens is 2. The van der Waals surface area contributed by atoms with Crippen molar-refractivity contribution in [2.75, 3.05) is 46.4 Å². The van der Waals surface area contributed by atoms with Crippen LogP contribution in [0.5, 0.6) is 0 Å². The van der Waals surface area contributed by atoms with Crippen LogP contribution in [0.4, 0.5) is 10.1 Å². The number of hydrogen-bond acceptors (Lipinski definition) is 14. The van der Waals surface area contributed by atoms with Gasteiger partial charge in [-0.25, -0.2) is 4.85 Å². The van der Waals surface area contributed by atoms with Crippen molar-refractivity contribution in [3.05, 3.63) is 195 Å². The first-order valence-electron chi connectivity index (χ1n) is 31.6. The van der Waals surface area contributed by atoms with E-state index in [0.717, 1.165) is 78.4 Å². The second-order valence-electron chi connectivity index (χ2n) is 23.0. The highest BCUT2D eigenvalue weighted by Gasteiger charge is 2.29. The number of hydrogen-bond donors (Lipinski definition) is 5. The normalized spacial score (nSPS) is 13.2. The second-order valence-corrected chi connectivity index (χ2v) is 23.9. The molecule has 4 amide bonds. The number of nitrogens with one attached hydrogen (secondary N) is 2. The highest BCUT2D eigenvalue weighted by molar-refractivity contribution is 9.10. The molecular weight excluding hydrogens is 1310 g/mol. The maximum Gasteiger partial charge on any atom is 0.306 e. The van der Waals surface area contributed by atoms with Crippen molar-refractivity contribution in [3.63, 3.8) is 0 Å². The summed E-state index contributed by atoms with van der Waals surface area (Å²) in [6.07, 6.45) is 2.41. The zero-order valence-corrected chi connectivity index (χ0v) is 56.7. The molecule has 27 heteroatoms. The van der Waals surface area contributed by atoms with E-state index in [9.17, 15) is 28.4 Å².